The molecular weight excluding hydrogens is 492 g/mol. The Balaban J connectivity index is 1.59. The van der Waals surface area contributed by atoms with E-state index >= 15 is 0 Å². The zero-order valence-corrected chi connectivity index (χ0v) is 23.8. The van der Waals surface area contributed by atoms with Gasteiger partial charge in [0, 0.05) is 42.5 Å². The highest BCUT2D eigenvalue weighted by Crippen LogP contribution is 2.44. The van der Waals surface area contributed by atoms with Gasteiger partial charge in [-0.25, -0.2) is 12.7 Å². The van der Waals surface area contributed by atoms with Gasteiger partial charge in [0.15, 0.2) is 0 Å². The maximum atomic E-state index is 12.4. The van der Waals surface area contributed by atoms with Gasteiger partial charge in [0.25, 0.3) is 5.91 Å². The first-order valence-electron chi connectivity index (χ1n) is 12.9. The SMILES string of the molecule is CCC(C)(C)N(C)Cc1cc(-c2cc(C(N)=O)c3c(c2)C(C2CCN(S(=O)(=O)CC)CC2)CN3)cs1. The molecule has 2 aliphatic rings. The molecule has 7 nitrogen and oxygen atoms in total. The van der Waals surface area contributed by atoms with Gasteiger partial charge in [0.2, 0.25) is 10.0 Å². The molecule has 1 atom stereocenters. The van der Waals surface area contributed by atoms with Gasteiger partial charge in [-0.2, -0.15) is 0 Å². The van der Waals surface area contributed by atoms with Crippen LogP contribution in [0.3, 0.4) is 0 Å². The highest BCUT2D eigenvalue weighted by atomic mass is 32.2. The smallest absolute Gasteiger partial charge is 0.250 e. The van der Waals surface area contributed by atoms with Crippen LogP contribution >= 0.6 is 11.3 Å². The lowest BCUT2D eigenvalue weighted by Crippen LogP contribution is -2.40. The summed E-state index contributed by atoms with van der Waals surface area (Å²) in [4.78, 5) is 16.1. The molecule has 1 aromatic heterocycles. The number of hydrogen-bond acceptors (Lipinski definition) is 6. The van der Waals surface area contributed by atoms with Crippen LogP contribution in [0.1, 0.15) is 73.7 Å². The lowest BCUT2D eigenvalue weighted by Gasteiger charge is -2.34. The molecule has 2 aromatic rings. The van der Waals surface area contributed by atoms with E-state index in [1.807, 2.05) is 6.07 Å². The Morgan fingerprint density at radius 2 is 1.89 bits per heavy atom. The van der Waals surface area contributed by atoms with Gasteiger partial charge >= 0.3 is 0 Å². The van der Waals surface area contributed by atoms with E-state index in [0.29, 0.717) is 24.6 Å². The van der Waals surface area contributed by atoms with Crippen LogP contribution in [-0.2, 0) is 16.6 Å². The second kappa shape index (κ2) is 10.4. The minimum Gasteiger partial charge on any atom is -0.384 e. The Kier molecular flexibility index (Phi) is 7.86. The maximum absolute atomic E-state index is 12.4. The largest absolute Gasteiger partial charge is 0.384 e. The standard InChI is InChI=1S/C27H40N4O3S2/c1-6-27(3,4)30(5)16-21-12-20(17-35-21)19-13-22-24(15-29-25(22)23(14-19)26(28)32)18-8-10-31(11-9-18)36(33,34)7-2/h12-14,17-18,24,29H,6-11,15-16H2,1-5H3,(H2,28,32). The number of nitrogens with two attached hydrogens (primary N) is 1. The minimum absolute atomic E-state index is 0.127. The first-order valence-corrected chi connectivity index (χ1v) is 15.4. The zero-order valence-electron chi connectivity index (χ0n) is 22.1. The van der Waals surface area contributed by atoms with Crippen molar-refractivity contribution in [3.8, 4) is 11.1 Å². The molecule has 1 aromatic carbocycles. The highest BCUT2D eigenvalue weighted by molar-refractivity contribution is 7.89. The van der Waals surface area contributed by atoms with Crippen LogP contribution in [0.15, 0.2) is 23.6 Å². The predicted molar refractivity (Wildman–Crippen MR) is 149 cm³/mol. The van der Waals surface area contributed by atoms with Crippen LogP contribution in [0.4, 0.5) is 5.69 Å². The fourth-order valence-corrected chi connectivity index (χ4v) is 7.41. The highest BCUT2D eigenvalue weighted by Gasteiger charge is 2.36. The van der Waals surface area contributed by atoms with Crippen molar-refractivity contribution in [1.29, 1.82) is 0 Å². The number of piperidine rings is 1. The molecule has 1 saturated heterocycles. The van der Waals surface area contributed by atoms with Gasteiger partial charge in [-0.1, -0.05) is 6.92 Å². The normalized spacial score (nSPS) is 19.4. The number of benzene rings is 1. The number of rotatable bonds is 9. The second-order valence-electron chi connectivity index (χ2n) is 10.8. The van der Waals surface area contributed by atoms with Crippen molar-refractivity contribution < 1.29 is 13.2 Å². The molecule has 1 unspecified atom stereocenters. The van der Waals surface area contributed by atoms with Crippen LogP contribution in [-0.4, -0.2) is 61.5 Å². The molecule has 0 radical (unpaired) electrons. The van der Waals surface area contributed by atoms with Crippen molar-refractivity contribution in [2.24, 2.45) is 11.7 Å². The van der Waals surface area contributed by atoms with E-state index in [0.717, 1.165) is 54.7 Å². The van der Waals surface area contributed by atoms with E-state index in [9.17, 15) is 13.2 Å². The summed E-state index contributed by atoms with van der Waals surface area (Å²) >= 11 is 1.74. The third kappa shape index (κ3) is 5.35. The number of hydrogen-bond donors (Lipinski definition) is 2. The van der Waals surface area contributed by atoms with Crippen LogP contribution in [0.5, 0.6) is 0 Å². The topological polar surface area (TPSA) is 95.7 Å². The average molecular weight is 533 g/mol. The van der Waals surface area contributed by atoms with E-state index in [-0.39, 0.29) is 17.2 Å². The van der Waals surface area contributed by atoms with E-state index in [1.54, 1.807) is 22.6 Å². The van der Waals surface area contributed by atoms with E-state index in [1.165, 1.54) is 4.88 Å². The summed E-state index contributed by atoms with van der Waals surface area (Å²) < 4.78 is 26.2. The van der Waals surface area contributed by atoms with Gasteiger partial charge in [-0.05, 0) is 93.3 Å². The van der Waals surface area contributed by atoms with Crippen LogP contribution in [0, 0.1) is 5.92 Å². The molecule has 1 fully saturated rings. The third-order valence-corrected chi connectivity index (χ3v) is 11.2. The molecule has 2 aliphatic heterocycles. The lowest BCUT2D eigenvalue weighted by molar-refractivity contribution is 0.100. The van der Waals surface area contributed by atoms with E-state index < -0.39 is 15.9 Å². The molecule has 0 saturated carbocycles. The van der Waals surface area contributed by atoms with Gasteiger partial charge in [0.1, 0.15) is 0 Å². The summed E-state index contributed by atoms with van der Waals surface area (Å²) in [5.41, 5.74) is 10.6. The Labute approximate surface area is 220 Å². The number of amides is 1. The average Bonchev–Trinajstić information content (AvgIpc) is 3.50. The summed E-state index contributed by atoms with van der Waals surface area (Å²) in [6.07, 6.45) is 2.72. The van der Waals surface area contributed by atoms with Crippen molar-refractivity contribution in [3.05, 3.63) is 39.6 Å². The quantitative estimate of drug-likeness (QED) is 0.488. The summed E-state index contributed by atoms with van der Waals surface area (Å²) in [5, 5.41) is 5.61. The number of carbonyl (C=O) groups excluding carboxylic acids is 1. The Hall–Kier alpha value is -1.94. The minimum atomic E-state index is -3.15. The number of fused-ring (bicyclic) bond motifs is 1. The van der Waals surface area contributed by atoms with Crippen molar-refractivity contribution in [2.45, 2.75) is 65.0 Å². The summed E-state index contributed by atoms with van der Waals surface area (Å²) in [6.45, 7) is 11.2. The molecule has 3 heterocycles. The predicted octanol–water partition coefficient (Wildman–Crippen LogP) is 4.71. The van der Waals surface area contributed by atoms with Gasteiger partial charge in [-0.3, -0.25) is 9.69 Å². The zero-order chi connectivity index (χ0) is 26.3. The number of carbonyl (C=O) groups is 1. The molecule has 1 amide bonds. The fraction of sp³-hybridized carbons (Fsp3) is 0.593. The first-order chi connectivity index (χ1) is 17.0. The molecule has 198 valence electrons. The number of anilines is 1. The van der Waals surface area contributed by atoms with Gasteiger partial charge in [-0.15, -0.1) is 11.3 Å². The Bertz CT molecular complexity index is 1210. The second-order valence-corrected chi connectivity index (χ2v) is 14.1. The summed E-state index contributed by atoms with van der Waals surface area (Å²) in [6, 6.07) is 6.36. The molecular formula is C27H40N4O3S2. The number of primary amides is 1. The maximum Gasteiger partial charge on any atom is 0.250 e. The van der Waals surface area contributed by atoms with Crippen molar-refractivity contribution in [3.63, 3.8) is 0 Å². The number of nitrogens with zero attached hydrogens (tertiary/aromatic N) is 2. The summed E-state index contributed by atoms with van der Waals surface area (Å²) in [7, 11) is -0.989. The molecule has 0 bridgehead atoms. The number of nitrogens with one attached hydrogen (secondary N) is 1. The first kappa shape index (κ1) is 27.1. The van der Waals surface area contributed by atoms with Gasteiger partial charge < -0.3 is 11.1 Å². The Morgan fingerprint density at radius 1 is 1.19 bits per heavy atom. The van der Waals surface area contributed by atoms with Crippen molar-refractivity contribution in [2.75, 3.05) is 37.8 Å². The molecule has 0 spiro atoms. The number of thiophene rings is 1. The van der Waals surface area contributed by atoms with E-state index in [2.05, 4.69) is 55.5 Å². The molecule has 36 heavy (non-hydrogen) atoms. The third-order valence-electron chi connectivity index (χ3n) is 8.44. The van der Waals surface area contributed by atoms with E-state index in [4.69, 9.17) is 5.73 Å². The van der Waals surface area contributed by atoms with Gasteiger partial charge in [0.05, 0.1) is 17.0 Å². The molecule has 9 heteroatoms. The Morgan fingerprint density at radius 3 is 2.50 bits per heavy atom. The van der Waals surface area contributed by atoms with Crippen LogP contribution in [0.2, 0.25) is 0 Å². The summed E-state index contributed by atoms with van der Waals surface area (Å²) in [5.74, 6) is 0.315. The lowest BCUT2D eigenvalue weighted by atomic mass is 9.80. The fourth-order valence-electron chi connectivity index (χ4n) is 5.33. The number of sulfonamides is 1. The molecule has 4 rings (SSSR count). The van der Waals surface area contributed by atoms with Crippen LogP contribution in [0.25, 0.3) is 11.1 Å². The monoisotopic (exact) mass is 532 g/mol. The van der Waals surface area contributed by atoms with Crippen LogP contribution < -0.4 is 11.1 Å². The molecule has 0 aliphatic carbocycles. The van der Waals surface area contributed by atoms with Crippen molar-refractivity contribution >= 4 is 33.0 Å². The molecule has 3 N–H and O–H groups in total. The van der Waals surface area contributed by atoms with Crippen molar-refractivity contribution in [1.82, 2.24) is 9.21 Å².